The molecule has 2 aromatic carbocycles. The third kappa shape index (κ3) is 2.58. The zero-order valence-electron chi connectivity index (χ0n) is 8.94. The van der Waals surface area contributed by atoms with Crippen LogP contribution >= 0.6 is 15.9 Å². The Hall–Kier alpha value is -1.99. The highest BCUT2D eigenvalue weighted by Gasteiger charge is 2.02. The summed E-state index contributed by atoms with van der Waals surface area (Å²) in [6, 6.07) is 15.1. The molecule has 0 fully saturated rings. The number of nitrogen functional groups attached to an aromatic ring is 1. The molecule has 0 unspecified atom stereocenters. The zero-order valence-corrected chi connectivity index (χ0v) is 10.5. The van der Waals surface area contributed by atoms with E-state index in [1.165, 1.54) is 0 Å². The Bertz CT molecular complexity index is 587. The highest BCUT2D eigenvalue weighted by Crippen LogP contribution is 2.26. The number of nitrogens with two attached hydrogens (primary N) is 1. The monoisotopic (exact) mass is 287 g/mol. The van der Waals surface area contributed by atoms with Crippen molar-refractivity contribution in [2.45, 2.75) is 0 Å². The first-order valence-electron chi connectivity index (χ1n) is 5.02. The van der Waals surface area contributed by atoms with E-state index in [0.29, 0.717) is 11.3 Å². The molecule has 0 bridgehead atoms. The number of hydrogen-bond donors (Lipinski definition) is 2. The first-order valence-corrected chi connectivity index (χ1v) is 5.81. The molecule has 2 rings (SSSR count). The first-order chi connectivity index (χ1) is 8.20. The highest BCUT2D eigenvalue weighted by molar-refractivity contribution is 9.10. The lowest BCUT2D eigenvalue weighted by Crippen LogP contribution is -1.95. The number of halogens is 1. The van der Waals surface area contributed by atoms with Gasteiger partial charge in [-0.3, -0.25) is 0 Å². The number of nitrogens with zero attached hydrogens (tertiary/aromatic N) is 1. The summed E-state index contributed by atoms with van der Waals surface area (Å²) in [6.45, 7) is 0. The second kappa shape index (κ2) is 4.89. The van der Waals surface area contributed by atoms with Crippen LogP contribution in [0, 0.1) is 11.3 Å². The smallest absolute Gasteiger partial charge is 0.101 e. The molecule has 4 heteroatoms. The van der Waals surface area contributed by atoms with Gasteiger partial charge in [0.1, 0.15) is 6.07 Å². The van der Waals surface area contributed by atoms with Gasteiger partial charge in [0.2, 0.25) is 0 Å². The van der Waals surface area contributed by atoms with E-state index >= 15 is 0 Å². The largest absolute Gasteiger partial charge is 0.398 e. The molecule has 3 N–H and O–H groups in total. The molecule has 0 heterocycles. The Morgan fingerprint density at radius 3 is 2.59 bits per heavy atom. The third-order valence-electron chi connectivity index (χ3n) is 2.32. The molecule has 0 aliphatic rings. The molecular formula is C13H10BrN3. The van der Waals surface area contributed by atoms with Crippen LogP contribution in [0.2, 0.25) is 0 Å². The number of nitrogens with one attached hydrogen (secondary N) is 1. The summed E-state index contributed by atoms with van der Waals surface area (Å²) in [5.74, 6) is 0. The summed E-state index contributed by atoms with van der Waals surface area (Å²) in [7, 11) is 0. The van der Waals surface area contributed by atoms with Gasteiger partial charge in [0.05, 0.1) is 16.9 Å². The minimum Gasteiger partial charge on any atom is -0.398 e. The molecule has 0 saturated carbocycles. The molecule has 0 atom stereocenters. The lowest BCUT2D eigenvalue weighted by atomic mass is 10.2. The van der Waals surface area contributed by atoms with Crippen LogP contribution in [-0.4, -0.2) is 0 Å². The minimum absolute atomic E-state index is 0.476. The predicted octanol–water partition coefficient (Wildman–Crippen LogP) is 3.65. The average molecular weight is 288 g/mol. The Labute approximate surface area is 108 Å². The number of hydrogen-bond acceptors (Lipinski definition) is 3. The fraction of sp³-hybridized carbons (Fsp3) is 0. The lowest BCUT2D eigenvalue weighted by Gasteiger charge is -2.09. The van der Waals surface area contributed by atoms with E-state index in [0.717, 1.165) is 15.8 Å². The van der Waals surface area contributed by atoms with Crippen LogP contribution in [0.4, 0.5) is 17.1 Å². The van der Waals surface area contributed by atoms with Crippen LogP contribution in [-0.2, 0) is 0 Å². The molecule has 17 heavy (non-hydrogen) atoms. The van der Waals surface area contributed by atoms with E-state index in [9.17, 15) is 0 Å². The Morgan fingerprint density at radius 1 is 1.18 bits per heavy atom. The maximum Gasteiger partial charge on any atom is 0.101 e. The van der Waals surface area contributed by atoms with E-state index in [1.807, 2.05) is 36.4 Å². The van der Waals surface area contributed by atoms with Crippen LogP contribution < -0.4 is 11.1 Å². The number of para-hydroxylation sites is 1. The quantitative estimate of drug-likeness (QED) is 0.829. The van der Waals surface area contributed by atoms with Crippen molar-refractivity contribution in [2.75, 3.05) is 11.1 Å². The Kier molecular flexibility index (Phi) is 3.31. The molecule has 0 aliphatic heterocycles. The fourth-order valence-electron chi connectivity index (χ4n) is 1.46. The van der Waals surface area contributed by atoms with Crippen LogP contribution in [0.3, 0.4) is 0 Å². The molecular weight excluding hydrogens is 278 g/mol. The van der Waals surface area contributed by atoms with E-state index < -0.39 is 0 Å². The van der Waals surface area contributed by atoms with Crippen molar-refractivity contribution in [1.82, 2.24) is 0 Å². The van der Waals surface area contributed by atoms with Crippen LogP contribution in [0.1, 0.15) is 5.56 Å². The number of rotatable bonds is 2. The van der Waals surface area contributed by atoms with Crippen molar-refractivity contribution in [1.29, 1.82) is 5.26 Å². The van der Waals surface area contributed by atoms with Gasteiger partial charge >= 0.3 is 0 Å². The fourth-order valence-corrected chi connectivity index (χ4v) is 1.84. The molecule has 0 amide bonds. The van der Waals surface area contributed by atoms with Crippen molar-refractivity contribution in [2.24, 2.45) is 0 Å². The second-order valence-corrected chi connectivity index (χ2v) is 4.37. The van der Waals surface area contributed by atoms with E-state index in [4.69, 9.17) is 11.0 Å². The maximum absolute atomic E-state index is 8.79. The number of nitriles is 1. The summed E-state index contributed by atoms with van der Waals surface area (Å²) >= 11 is 3.45. The van der Waals surface area contributed by atoms with Gasteiger partial charge < -0.3 is 11.1 Å². The van der Waals surface area contributed by atoms with Gasteiger partial charge in [-0.15, -0.1) is 0 Å². The Balaban J connectivity index is 2.29. The van der Waals surface area contributed by atoms with E-state index in [-0.39, 0.29) is 0 Å². The number of benzene rings is 2. The molecule has 0 aromatic heterocycles. The summed E-state index contributed by atoms with van der Waals surface area (Å²) in [4.78, 5) is 0. The minimum atomic E-state index is 0.476. The van der Waals surface area contributed by atoms with E-state index in [2.05, 4.69) is 21.2 Å². The van der Waals surface area contributed by atoms with Crippen molar-refractivity contribution >= 4 is 33.0 Å². The zero-order chi connectivity index (χ0) is 12.3. The molecule has 3 nitrogen and oxygen atoms in total. The van der Waals surface area contributed by atoms with Gasteiger partial charge in [-0.05, 0) is 46.3 Å². The average Bonchev–Trinajstić information content (AvgIpc) is 2.32. The summed E-state index contributed by atoms with van der Waals surface area (Å²) in [6.07, 6.45) is 0. The van der Waals surface area contributed by atoms with Crippen LogP contribution in [0.15, 0.2) is 46.9 Å². The van der Waals surface area contributed by atoms with Gasteiger partial charge in [0.25, 0.3) is 0 Å². The van der Waals surface area contributed by atoms with E-state index in [1.54, 1.807) is 12.1 Å². The van der Waals surface area contributed by atoms with Gasteiger partial charge in [-0.1, -0.05) is 12.1 Å². The summed E-state index contributed by atoms with van der Waals surface area (Å²) in [5.41, 5.74) is 8.52. The van der Waals surface area contributed by atoms with Crippen LogP contribution in [0.25, 0.3) is 0 Å². The topological polar surface area (TPSA) is 61.8 Å². The second-order valence-electron chi connectivity index (χ2n) is 3.52. The van der Waals surface area contributed by atoms with Crippen molar-refractivity contribution < 1.29 is 0 Å². The number of anilines is 3. The third-order valence-corrected chi connectivity index (χ3v) is 3.02. The van der Waals surface area contributed by atoms with Gasteiger partial charge in [-0.25, -0.2) is 0 Å². The van der Waals surface area contributed by atoms with Gasteiger partial charge in [-0.2, -0.15) is 5.26 Å². The summed E-state index contributed by atoms with van der Waals surface area (Å²) in [5, 5.41) is 12.0. The summed E-state index contributed by atoms with van der Waals surface area (Å²) < 4.78 is 0.975. The first kappa shape index (κ1) is 11.5. The van der Waals surface area contributed by atoms with Crippen molar-refractivity contribution in [3.05, 3.63) is 52.5 Å². The van der Waals surface area contributed by atoms with Gasteiger partial charge in [0, 0.05) is 10.2 Å². The maximum atomic E-state index is 8.79. The molecule has 84 valence electrons. The van der Waals surface area contributed by atoms with Crippen LogP contribution in [0.5, 0.6) is 0 Å². The SMILES string of the molecule is N#Cc1ccc(Nc2ccccc2Br)cc1N. The van der Waals surface area contributed by atoms with Gasteiger partial charge in [0.15, 0.2) is 0 Å². The van der Waals surface area contributed by atoms with Crippen molar-refractivity contribution in [3.8, 4) is 6.07 Å². The normalized spacial score (nSPS) is 9.65. The molecule has 0 spiro atoms. The standard InChI is InChI=1S/C13H10BrN3/c14-11-3-1-2-4-13(11)17-10-6-5-9(8-15)12(16)7-10/h1-7,17H,16H2. The lowest BCUT2D eigenvalue weighted by molar-refractivity contribution is 1.47. The molecule has 2 aromatic rings. The highest BCUT2D eigenvalue weighted by atomic mass is 79.9. The molecule has 0 saturated heterocycles. The Morgan fingerprint density at radius 2 is 1.94 bits per heavy atom. The van der Waals surface area contributed by atoms with Crippen molar-refractivity contribution in [3.63, 3.8) is 0 Å². The predicted molar refractivity (Wildman–Crippen MR) is 73.0 cm³/mol. The molecule has 0 aliphatic carbocycles. The molecule has 0 radical (unpaired) electrons.